The van der Waals surface area contributed by atoms with Crippen LogP contribution < -0.4 is 14.8 Å². The zero-order valence-electron chi connectivity index (χ0n) is 15.3. The highest BCUT2D eigenvalue weighted by atomic mass is 16.5. The monoisotopic (exact) mass is 335 g/mol. The van der Waals surface area contributed by atoms with E-state index in [1.165, 1.54) is 0 Å². The summed E-state index contributed by atoms with van der Waals surface area (Å²) in [5.74, 6) is 1.53. The molecule has 1 fully saturated rings. The Morgan fingerprint density at radius 2 is 2.08 bits per heavy atom. The van der Waals surface area contributed by atoms with Crippen molar-refractivity contribution >= 4 is 5.91 Å². The highest BCUT2D eigenvalue weighted by Crippen LogP contribution is 2.29. The lowest BCUT2D eigenvalue weighted by molar-refractivity contribution is -0.124. The lowest BCUT2D eigenvalue weighted by Gasteiger charge is -2.37. The molecule has 6 heteroatoms. The summed E-state index contributed by atoms with van der Waals surface area (Å²) in [5, 5.41) is 3.07. The van der Waals surface area contributed by atoms with Crippen molar-refractivity contribution in [3.63, 3.8) is 0 Å². The second-order valence-electron chi connectivity index (χ2n) is 6.48. The summed E-state index contributed by atoms with van der Waals surface area (Å²) >= 11 is 0. The van der Waals surface area contributed by atoms with Crippen molar-refractivity contribution in [3.8, 4) is 11.5 Å². The van der Waals surface area contributed by atoms with Crippen LogP contribution in [0.1, 0.15) is 25.5 Å². The van der Waals surface area contributed by atoms with E-state index in [1.807, 2.05) is 25.1 Å². The fourth-order valence-corrected chi connectivity index (χ4v) is 3.14. The van der Waals surface area contributed by atoms with E-state index in [0.717, 1.165) is 36.7 Å². The molecular formula is C18H29N3O3. The average Bonchev–Trinajstić information content (AvgIpc) is 2.56. The Balaban J connectivity index is 1.98. The molecule has 1 aliphatic heterocycles. The van der Waals surface area contributed by atoms with Crippen molar-refractivity contribution in [2.45, 2.75) is 25.9 Å². The Bertz CT molecular complexity index is 564. The zero-order chi connectivity index (χ0) is 17.7. The number of methoxy groups -OCH3 is 2. The molecule has 1 aliphatic rings. The number of hydrogen-bond donors (Lipinski definition) is 1. The summed E-state index contributed by atoms with van der Waals surface area (Å²) in [4.78, 5) is 17.0. The molecule has 2 unspecified atom stereocenters. The first-order chi connectivity index (χ1) is 11.4. The van der Waals surface area contributed by atoms with Crippen LogP contribution in [0.5, 0.6) is 11.5 Å². The smallest absolute Gasteiger partial charge is 0.234 e. The standard InChI is InChI=1S/C18H29N3O3/c1-13-11-20(3)8-9-21(13)12-18(22)19-14(2)16-10-15(23-4)6-7-17(16)24-5/h6-7,10,13-14H,8-9,11-12H2,1-5H3,(H,19,22). The number of nitrogens with zero attached hydrogens (tertiary/aromatic N) is 2. The molecule has 0 saturated carbocycles. The highest BCUT2D eigenvalue weighted by molar-refractivity contribution is 5.78. The van der Waals surface area contributed by atoms with Gasteiger partial charge in [-0.2, -0.15) is 0 Å². The highest BCUT2D eigenvalue weighted by Gasteiger charge is 2.24. The number of carbonyl (C=O) groups excluding carboxylic acids is 1. The first-order valence-electron chi connectivity index (χ1n) is 8.38. The second kappa shape index (κ2) is 8.35. The van der Waals surface area contributed by atoms with Crippen molar-refractivity contribution < 1.29 is 14.3 Å². The van der Waals surface area contributed by atoms with E-state index in [4.69, 9.17) is 9.47 Å². The fraction of sp³-hybridized carbons (Fsp3) is 0.611. The van der Waals surface area contributed by atoms with Crippen LogP contribution in [0.2, 0.25) is 0 Å². The first kappa shape index (κ1) is 18.5. The van der Waals surface area contributed by atoms with Crippen LogP contribution in [0.4, 0.5) is 0 Å². The average molecular weight is 335 g/mol. The number of nitrogens with one attached hydrogen (secondary N) is 1. The van der Waals surface area contributed by atoms with Gasteiger partial charge in [0.1, 0.15) is 11.5 Å². The summed E-state index contributed by atoms with van der Waals surface area (Å²) in [6.07, 6.45) is 0. The van der Waals surface area contributed by atoms with Gasteiger partial charge in [0.15, 0.2) is 0 Å². The molecule has 0 radical (unpaired) electrons. The summed E-state index contributed by atoms with van der Waals surface area (Å²) in [6.45, 7) is 7.46. The lowest BCUT2D eigenvalue weighted by atomic mass is 10.1. The minimum Gasteiger partial charge on any atom is -0.497 e. The van der Waals surface area contributed by atoms with Gasteiger partial charge in [-0.3, -0.25) is 9.69 Å². The topological polar surface area (TPSA) is 54.0 Å². The quantitative estimate of drug-likeness (QED) is 0.854. The molecule has 0 bridgehead atoms. The van der Waals surface area contributed by atoms with E-state index in [0.29, 0.717) is 12.6 Å². The summed E-state index contributed by atoms with van der Waals surface area (Å²) < 4.78 is 10.7. The third kappa shape index (κ3) is 4.61. The van der Waals surface area contributed by atoms with Crippen molar-refractivity contribution in [1.82, 2.24) is 15.1 Å². The van der Waals surface area contributed by atoms with Gasteiger partial charge in [-0.25, -0.2) is 0 Å². The molecule has 1 aromatic carbocycles. The van der Waals surface area contributed by atoms with Crippen LogP contribution in [0, 0.1) is 0 Å². The molecule has 24 heavy (non-hydrogen) atoms. The Hall–Kier alpha value is -1.79. The van der Waals surface area contributed by atoms with E-state index >= 15 is 0 Å². The summed E-state index contributed by atoms with van der Waals surface area (Å²) in [7, 11) is 5.38. The van der Waals surface area contributed by atoms with E-state index in [-0.39, 0.29) is 11.9 Å². The first-order valence-corrected chi connectivity index (χ1v) is 8.38. The molecule has 6 nitrogen and oxygen atoms in total. The molecular weight excluding hydrogens is 306 g/mol. The fourth-order valence-electron chi connectivity index (χ4n) is 3.14. The van der Waals surface area contributed by atoms with Gasteiger partial charge in [-0.15, -0.1) is 0 Å². The van der Waals surface area contributed by atoms with Gasteiger partial charge in [0.05, 0.1) is 26.8 Å². The third-order valence-electron chi connectivity index (χ3n) is 4.60. The largest absolute Gasteiger partial charge is 0.497 e. The van der Waals surface area contributed by atoms with E-state index in [1.54, 1.807) is 14.2 Å². The molecule has 134 valence electrons. The molecule has 1 saturated heterocycles. The van der Waals surface area contributed by atoms with Crippen molar-refractivity contribution in [2.75, 3.05) is 47.4 Å². The van der Waals surface area contributed by atoms with Gasteiger partial charge in [-0.1, -0.05) is 0 Å². The van der Waals surface area contributed by atoms with Crippen LogP contribution in [0.3, 0.4) is 0 Å². The molecule has 1 amide bonds. The van der Waals surface area contributed by atoms with E-state index in [9.17, 15) is 4.79 Å². The number of carbonyl (C=O) groups is 1. The summed E-state index contributed by atoms with van der Waals surface area (Å²) in [5.41, 5.74) is 0.914. The van der Waals surface area contributed by atoms with Gasteiger partial charge in [0.2, 0.25) is 5.91 Å². The number of hydrogen-bond acceptors (Lipinski definition) is 5. The Labute approximate surface area is 144 Å². The number of rotatable bonds is 6. The van der Waals surface area contributed by atoms with Crippen LogP contribution >= 0.6 is 0 Å². The van der Waals surface area contributed by atoms with Crippen LogP contribution in [-0.4, -0.2) is 69.2 Å². The molecule has 1 heterocycles. The second-order valence-corrected chi connectivity index (χ2v) is 6.48. The van der Waals surface area contributed by atoms with E-state index < -0.39 is 0 Å². The molecule has 1 N–H and O–H groups in total. The molecule has 0 aliphatic carbocycles. The maximum Gasteiger partial charge on any atom is 0.234 e. The molecule has 2 atom stereocenters. The maximum atomic E-state index is 12.4. The maximum absolute atomic E-state index is 12.4. The number of likely N-dealkylation sites (N-methyl/N-ethyl adjacent to an activating group) is 1. The molecule has 0 spiro atoms. The van der Waals surface area contributed by atoms with Crippen molar-refractivity contribution in [1.29, 1.82) is 0 Å². The zero-order valence-corrected chi connectivity index (χ0v) is 15.3. The van der Waals surface area contributed by atoms with Crippen molar-refractivity contribution in [2.24, 2.45) is 0 Å². The van der Waals surface area contributed by atoms with Gasteiger partial charge in [0, 0.05) is 31.2 Å². The van der Waals surface area contributed by atoms with Gasteiger partial charge < -0.3 is 19.7 Å². The Kier molecular flexibility index (Phi) is 6.45. The normalized spacial score (nSPS) is 20.5. The van der Waals surface area contributed by atoms with Crippen LogP contribution in [0.25, 0.3) is 0 Å². The summed E-state index contributed by atoms with van der Waals surface area (Å²) in [6, 6.07) is 5.85. The van der Waals surface area contributed by atoms with Gasteiger partial charge in [0.25, 0.3) is 0 Å². The minimum atomic E-state index is -0.148. The third-order valence-corrected chi connectivity index (χ3v) is 4.60. The van der Waals surface area contributed by atoms with Crippen LogP contribution in [-0.2, 0) is 4.79 Å². The number of piperazine rings is 1. The molecule has 2 rings (SSSR count). The SMILES string of the molecule is COc1ccc(OC)c(C(C)NC(=O)CN2CCN(C)CC2C)c1. The number of ether oxygens (including phenoxy) is 2. The van der Waals surface area contributed by atoms with Crippen molar-refractivity contribution in [3.05, 3.63) is 23.8 Å². The number of amides is 1. The number of benzene rings is 1. The molecule has 0 aromatic heterocycles. The predicted molar refractivity (Wildman–Crippen MR) is 94.6 cm³/mol. The van der Waals surface area contributed by atoms with Crippen LogP contribution in [0.15, 0.2) is 18.2 Å². The molecule has 1 aromatic rings. The Morgan fingerprint density at radius 1 is 1.33 bits per heavy atom. The van der Waals surface area contributed by atoms with Gasteiger partial charge in [-0.05, 0) is 39.1 Å². The van der Waals surface area contributed by atoms with E-state index in [2.05, 4.69) is 29.1 Å². The van der Waals surface area contributed by atoms with Gasteiger partial charge >= 0.3 is 0 Å². The predicted octanol–water partition coefficient (Wildman–Crippen LogP) is 1.52. The lowest BCUT2D eigenvalue weighted by Crippen LogP contribution is -2.53. The Morgan fingerprint density at radius 3 is 2.71 bits per heavy atom. The minimum absolute atomic E-state index is 0.0313.